The molecule has 2 N–H and O–H groups in total. The van der Waals surface area contributed by atoms with Crippen LogP contribution < -0.4 is 16.4 Å². The van der Waals surface area contributed by atoms with E-state index in [1.54, 1.807) is 5.10 Å². The standard InChI is InChI=1S/C25H18F10N6O3/c26-17-7-15-12(6-16(17)20-36-8-13(9-37-20)23(27,28)29)3-5-41(22(15)43)4-1-2-14(11-44-25(33,34)35)39-18-10-38-40-21(42)19(18)24(30,31)32/h3,5-10,14H,1-2,4,11H2,(H2,39,40,42). The summed E-state index contributed by atoms with van der Waals surface area (Å²) >= 11 is 0. The summed E-state index contributed by atoms with van der Waals surface area (Å²) in [5.41, 5.74) is -6.39. The second kappa shape index (κ2) is 12.2. The van der Waals surface area contributed by atoms with E-state index < -0.39 is 65.1 Å². The highest BCUT2D eigenvalue weighted by molar-refractivity contribution is 5.86. The van der Waals surface area contributed by atoms with E-state index in [4.69, 9.17) is 0 Å². The molecular formula is C25H18F10N6O3. The summed E-state index contributed by atoms with van der Waals surface area (Å²) in [5.74, 6) is -1.39. The molecule has 1 aromatic carbocycles. The highest BCUT2D eigenvalue weighted by atomic mass is 19.4. The largest absolute Gasteiger partial charge is 0.522 e. The third-order valence-electron chi connectivity index (χ3n) is 6.18. The van der Waals surface area contributed by atoms with Crippen molar-refractivity contribution < 1.29 is 48.6 Å². The molecule has 3 aromatic heterocycles. The van der Waals surface area contributed by atoms with Crippen LogP contribution in [-0.2, 0) is 23.6 Å². The molecule has 0 radical (unpaired) electrons. The van der Waals surface area contributed by atoms with Crippen LogP contribution in [0.4, 0.5) is 49.6 Å². The molecule has 0 spiro atoms. The first-order chi connectivity index (χ1) is 20.4. The van der Waals surface area contributed by atoms with Crippen LogP contribution in [-0.4, -0.2) is 43.7 Å². The van der Waals surface area contributed by atoms with Gasteiger partial charge < -0.3 is 9.88 Å². The fraction of sp³-hybridized carbons (Fsp3) is 0.320. The summed E-state index contributed by atoms with van der Waals surface area (Å²) in [7, 11) is 0. The molecule has 4 rings (SSSR count). The molecule has 0 amide bonds. The maximum Gasteiger partial charge on any atom is 0.522 e. The third kappa shape index (κ3) is 7.69. The van der Waals surface area contributed by atoms with Crippen molar-refractivity contribution in [1.82, 2.24) is 24.7 Å². The number of alkyl halides is 9. The molecule has 1 unspecified atom stereocenters. The van der Waals surface area contributed by atoms with E-state index in [-0.39, 0.29) is 41.5 Å². The van der Waals surface area contributed by atoms with Crippen LogP contribution in [0.3, 0.4) is 0 Å². The van der Waals surface area contributed by atoms with Crippen molar-refractivity contribution in [2.45, 2.75) is 44.1 Å². The molecule has 1 atom stereocenters. The molecule has 3 heterocycles. The minimum absolute atomic E-state index is 0.0950. The molecule has 9 nitrogen and oxygen atoms in total. The van der Waals surface area contributed by atoms with Crippen LogP contribution in [0.15, 0.2) is 52.6 Å². The number of hydrogen-bond acceptors (Lipinski definition) is 7. The smallest absolute Gasteiger partial charge is 0.378 e. The van der Waals surface area contributed by atoms with Crippen LogP contribution in [0, 0.1) is 5.82 Å². The van der Waals surface area contributed by atoms with E-state index in [2.05, 4.69) is 25.1 Å². The second-order valence-electron chi connectivity index (χ2n) is 9.25. The van der Waals surface area contributed by atoms with Crippen molar-refractivity contribution in [2.75, 3.05) is 11.9 Å². The lowest BCUT2D eigenvalue weighted by Crippen LogP contribution is -2.33. The number of nitrogens with zero attached hydrogens (tertiary/aromatic N) is 4. The van der Waals surface area contributed by atoms with Gasteiger partial charge >= 0.3 is 18.7 Å². The Balaban J connectivity index is 1.53. The first-order valence-electron chi connectivity index (χ1n) is 12.3. The van der Waals surface area contributed by atoms with Gasteiger partial charge in [0, 0.05) is 31.2 Å². The average Bonchev–Trinajstić information content (AvgIpc) is 2.91. The monoisotopic (exact) mass is 640 g/mol. The molecule has 19 heteroatoms. The first kappa shape index (κ1) is 32.4. The molecule has 0 fully saturated rings. The van der Waals surface area contributed by atoms with Crippen molar-refractivity contribution in [3.63, 3.8) is 0 Å². The maximum absolute atomic E-state index is 14.9. The minimum Gasteiger partial charge on any atom is -0.378 e. The number of ether oxygens (including phenoxy) is 1. The Labute approximate surface area is 238 Å². The van der Waals surface area contributed by atoms with Crippen LogP contribution >= 0.6 is 0 Å². The van der Waals surface area contributed by atoms with Crippen molar-refractivity contribution in [2.24, 2.45) is 0 Å². The van der Waals surface area contributed by atoms with Crippen LogP contribution in [0.25, 0.3) is 22.2 Å². The number of benzene rings is 1. The highest BCUT2D eigenvalue weighted by Gasteiger charge is 2.38. The van der Waals surface area contributed by atoms with Gasteiger partial charge in [-0.3, -0.25) is 14.3 Å². The molecule has 44 heavy (non-hydrogen) atoms. The number of halogens is 10. The minimum atomic E-state index is -5.17. The van der Waals surface area contributed by atoms with Crippen molar-refractivity contribution in [1.29, 1.82) is 0 Å². The number of anilines is 1. The average molecular weight is 640 g/mol. The number of H-pyrrole nitrogens is 1. The number of hydrogen-bond donors (Lipinski definition) is 2. The predicted octanol–water partition coefficient (Wildman–Crippen LogP) is 5.52. The SMILES string of the molecule is O=c1[nH]ncc(NC(CCCn2ccc3cc(-c4ncc(C(F)(F)F)cn4)c(F)cc3c2=O)COC(F)(F)F)c1C(F)(F)F. The van der Waals surface area contributed by atoms with E-state index in [1.807, 2.05) is 0 Å². The van der Waals surface area contributed by atoms with Gasteiger partial charge in [-0.05, 0) is 36.4 Å². The summed E-state index contributed by atoms with van der Waals surface area (Å²) in [6.07, 6.45) is -12.6. The number of aryl methyl sites for hydroxylation is 1. The number of nitrogens with one attached hydrogen (secondary N) is 2. The predicted molar refractivity (Wildman–Crippen MR) is 133 cm³/mol. The van der Waals surface area contributed by atoms with Gasteiger partial charge in [-0.2, -0.15) is 31.4 Å². The van der Waals surface area contributed by atoms with Gasteiger partial charge in [0.1, 0.15) is 11.4 Å². The first-order valence-corrected chi connectivity index (χ1v) is 12.3. The van der Waals surface area contributed by atoms with Crippen molar-refractivity contribution in [3.05, 3.63) is 80.6 Å². The zero-order valence-electron chi connectivity index (χ0n) is 21.7. The van der Waals surface area contributed by atoms with Gasteiger partial charge in [0.15, 0.2) is 5.82 Å². The fourth-order valence-corrected chi connectivity index (χ4v) is 4.18. The van der Waals surface area contributed by atoms with Gasteiger partial charge in [0.05, 0.1) is 35.0 Å². The highest BCUT2D eigenvalue weighted by Crippen LogP contribution is 2.33. The molecule has 0 bridgehead atoms. The number of pyridine rings is 1. The molecule has 236 valence electrons. The van der Waals surface area contributed by atoms with Gasteiger partial charge in [-0.25, -0.2) is 19.5 Å². The van der Waals surface area contributed by atoms with E-state index in [1.165, 1.54) is 12.3 Å². The summed E-state index contributed by atoms with van der Waals surface area (Å²) in [4.78, 5) is 31.8. The number of fused-ring (bicyclic) bond motifs is 1. The van der Waals surface area contributed by atoms with Crippen LogP contribution in [0.2, 0.25) is 0 Å². The van der Waals surface area contributed by atoms with Crippen molar-refractivity contribution >= 4 is 16.5 Å². The quantitative estimate of drug-likeness (QED) is 0.232. The zero-order valence-corrected chi connectivity index (χ0v) is 21.7. The molecular weight excluding hydrogens is 622 g/mol. The van der Waals surface area contributed by atoms with Gasteiger partial charge in [-0.15, -0.1) is 13.2 Å². The molecule has 0 aliphatic carbocycles. The van der Waals surface area contributed by atoms with Gasteiger partial charge in [0.25, 0.3) is 11.1 Å². The summed E-state index contributed by atoms with van der Waals surface area (Å²) in [5, 5.41) is 7.06. The molecule has 4 aromatic rings. The normalized spacial score (nSPS) is 13.3. The maximum atomic E-state index is 14.9. The topological polar surface area (TPSA) is 115 Å². The van der Waals surface area contributed by atoms with Gasteiger partial charge in [0.2, 0.25) is 0 Å². The van der Waals surface area contributed by atoms with E-state index in [0.717, 1.165) is 16.7 Å². The Morgan fingerprint density at radius 1 is 0.955 bits per heavy atom. The summed E-state index contributed by atoms with van der Waals surface area (Å²) < 4.78 is 136. The molecule has 0 aliphatic heterocycles. The Morgan fingerprint density at radius 3 is 2.25 bits per heavy atom. The number of aromatic nitrogens is 5. The van der Waals surface area contributed by atoms with Crippen molar-refractivity contribution in [3.8, 4) is 11.4 Å². The Hall–Kier alpha value is -4.55. The van der Waals surface area contributed by atoms with Crippen LogP contribution in [0.5, 0.6) is 0 Å². The Morgan fingerprint density at radius 2 is 1.64 bits per heavy atom. The van der Waals surface area contributed by atoms with E-state index >= 15 is 0 Å². The van der Waals surface area contributed by atoms with Crippen LogP contribution in [0.1, 0.15) is 24.0 Å². The molecule has 0 aliphatic rings. The summed E-state index contributed by atoms with van der Waals surface area (Å²) in [6, 6.07) is 1.91. The van der Waals surface area contributed by atoms with E-state index in [9.17, 15) is 53.5 Å². The lowest BCUT2D eigenvalue weighted by molar-refractivity contribution is -0.325. The summed E-state index contributed by atoms with van der Waals surface area (Å²) in [6.45, 7) is -1.33. The number of rotatable bonds is 9. The fourth-order valence-electron chi connectivity index (χ4n) is 4.18. The lowest BCUT2D eigenvalue weighted by Gasteiger charge is -2.22. The number of aromatic amines is 1. The molecule has 0 saturated heterocycles. The zero-order chi connectivity index (χ0) is 32.4. The third-order valence-corrected chi connectivity index (χ3v) is 6.18. The Kier molecular flexibility index (Phi) is 8.98. The lowest BCUT2D eigenvalue weighted by atomic mass is 10.1. The second-order valence-corrected chi connectivity index (χ2v) is 9.25. The van der Waals surface area contributed by atoms with E-state index in [0.29, 0.717) is 18.6 Å². The Bertz CT molecular complexity index is 1750. The molecule has 0 saturated carbocycles. The van der Waals surface area contributed by atoms with Gasteiger partial charge in [-0.1, -0.05) is 0 Å².